The Balaban J connectivity index is 1.33. The van der Waals surface area contributed by atoms with Crippen LogP contribution in [0.15, 0.2) is 58.1 Å². The molecule has 0 unspecified atom stereocenters. The van der Waals surface area contributed by atoms with Crippen molar-refractivity contribution >= 4 is 5.91 Å². The lowest BCUT2D eigenvalue weighted by Gasteiger charge is -2.32. The summed E-state index contributed by atoms with van der Waals surface area (Å²) in [6.45, 7) is 3.61. The molecule has 1 saturated heterocycles. The number of furan rings is 1. The van der Waals surface area contributed by atoms with E-state index in [2.05, 4.69) is 20.2 Å². The maximum Gasteiger partial charge on any atom is 0.289 e. The molecule has 0 aromatic carbocycles. The summed E-state index contributed by atoms with van der Waals surface area (Å²) >= 11 is 0. The molecular formula is C22H22N6O3. The first-order valence-electron chi connectivity index (χ1n) is 10.3. The van der Waals surface area contributed by atoms with E-state index in [1.807, 2.05) is 36.2 Å². The second kappa shape index (κ2) is 8.17. The third-order valence-corrected chi connectivity index (χ3v) is 5.48. The first-order chi connectivity index (χ1) is 15.2. The van der Waals surface area contributed by atoms with Crippen molar-refractivity contribution in [3.63, 3.8) is 0 Å². The zero-order chi connectivity index (χ0) is 21.2. The van der Waals surface area contributed by atoms with Crippen LogP contribution in [0.4, 0.5) is 0 Å². The van der Waals surface area contributed by atoms with Crippen molar-refractivity contribution in [3.8, 4) is 11.3 Å². The average molecular weight is 418 g/mol. The van der Waals surface area contributed by atoms with Crippen molar-refractivity contribution in [1.82, 2.24) is 29.8 Å². The van der Waals surface area contributed by atoms with E-state index in [-0.39, 0.29) is 11.8 Å². The van der Waals surface area contributed by atoms with E-state index in [0.29, 0.717) is 36.9 Å². The van der Waals surface area contributed by atoms with Crippen molar-refractivity contribution in [3.05, 3.63) is 72.1 Å². The zero-order valence-corrected chi connectivity index (χ0v) is 17.1. The number of aryl methyl sites for hydroxylation is 1. The second-order valence-corrected chi connectivity index (χ2v) is 7.71. The highest BCUT2D eigenvalue weighted by Gasteiger charge is 2.30. The topological polar surface area (TPSA) is 103 Å². The van der Waals surface area contributed by atoms with Crippen LogP contribution in [-0.2, 0) is 6.54 Å². The van der Waals surface area contributed by atoms with E-state index in [1.165, 1.54) is 6.33 Å². The zero-order valence-electron chi connectivity index (χ0n) is 17.1. The van der Waals surface area contributed by atoms with E-state index >= 15 is 0 Å². The number of aromatic nitrogens is 5. The van der Waals surface area contributed by atoms with Crippen LogP contribution in [0.2, 0.25) is 0 Å². The summed E-state index contributed by atoms with van der Waals surface area (Å²) < 4.78 is 13.0. The van der Waals surface area contributed by atoms with Crippen LogP contribution in [0.5, 0.6) is 0 Å². The maximum absolute atomic E-state index is 13.1. The molecular weight excluding hydrogens is 396 g/mol. The Kier molecular flexibility index (Phi) is 5.07. The lowest BCUT2D eigenvalue weighted by atomic mass is 9.91. The van der Waals surface area contributed by atoms with Crippen molar-refractivity contribution in [1.29, 1.82) is 0 Å². The van der Waals surface area contributed by atoms with Gasteiger partial charge in [-0.3, -0.25) is 9.48 Å². The van der Waals surface area contributed by atoms with Crippen molar-refractivity contribution in [2.75, 3.05) is 13.1 Å². The summed E-state index contributed by atoms with van der Waals surface area (Å²) in [6.07, 6.45) is 8.67. The largest absolute Gasteiger partial charge is 0.454 e. The van der Waals surface area contributed by atoms with E-state index in [1.54, 1.807) is 23.1 Å². The quantitative estimate of drug-likeness (QED) is 0.490. The van der Waals surface area contributed by atoms with Gasteiger partial charge in [-0.1, -0.05) is 5.16 Å². The molecule has 158 valence electrons. The highest BCUT2D eigenvalue weighted by molar-refractivity contribution is 5.91. The Bertz CT molecular complexity index is 1180. The summed E-state index contributed by atoms with van der Waals surface area (Å²) in [5.41, 5.74) is 2.50. The summed E-state index contributed by atoms with van der Waals surface area (Å²) in [5.74, 6) is 1.66. The Morgan fingerprint density at radius 2 is 2.26 bits per heavy atom. The highest BCUT2D eigenvalue weighted by Crippen LogP contribution is 2.33. The molecule has 0 spiro atoms. The van der Waals surface area contributed by atoms with Crippen LogP contribution in [0.3, 0.4) is 0 Å². The molecule has 1 amide bonds. The van der Waals surface area contributed by atoms with Gasteiger partial charge in [-0.25, -0.2) is 9.97 Å². The number of likely N-dealkylation sites (tertiary alicyclic amines) is 1. The van der Waals surface area contributed by atoms with Gasteiger partial charge in [-0.15, -0.1) is 0 Å². The van der Waals surface area contributed by atoms with Gasteiger partial charge in [0.05, 0.1) is 23.5 Å². The molecule has 4 aromatic heterocycles. The molecule has 5 rings (SSSR count). The number of carbonyl (C=O) groups excluding carboxylic acids is 1. The third kappa shape index (κ3) is 3.98. The lowest BCUT2D eigenvalue weighted by Crippen LogP contribution is -2.39. The fourth-order valence-corrected chi connectivity index (χ4v) is 4.02. The van der Waals surface area contributed by atoms with Gasteiger partial charge < -0.3 is 13.8 Å². The third-order valence-electron chi connectivity index (χ3n) is 5.48. The smallest absolute Gasteiger partial charge is 0.289 e. The summed E-state index contributed by atoms with van der Waals surface area (Å²) in [7, 11) is 0. The molecule has 5 heterocycles. The molecule has 0 N–H and O–H groups in total. The standard InChI is InChI=1S/C22H22N6O3/c1-15-10-20(31-26-15)18-11-23-14-24-21(18)16-4-2-8-27(12-16)22(29)19-6-5-17(30-19)13-28-9-3-7-25-28/h3,5-7,9-11,14,16H,2,4,8,12-13H2,1H3/t16-/m0/s1. The van der Waals surface area contributed by atoms with E-state index in [0.717, 1.165) is 29.8 Å². The van der Waals surface area contributed by atoms with Gasteiger partial charge in [0.2, 0.25) is 0 Å². The number of hydrogen-bond acceptors (Lipinski definition) is 7. The Labute approximate surface area is 178 Å². The average Bonchev–Trinajstić information content (AvgIpc) is 3.56. The lowest BCUT2D eigenvalue weighted by molar-refractivity contribution is 0.0671. The van der Waals surface area contributed by atoms with Crippen LogP contribution in [0.25, 0.3) is 11.3 Å². The van der Waals surface area contributed by atoms with Crippen LogP contribution < -0.4 is 0 Å². The van der Waals surface area contributed by atoms with E-state index < -0.39 is 0 Å². The predicted octanol–water partition coefficient (Wildman–Crippen LogP) is 3.30. The first kappa shape index (κ1) is 19.2. The molecule has 0 radical (unpaired) electrons. The molecule has 0 aliphatic carbocycles. The van der Waals surface area contributed by atoms with Gasteiger partial charge in [0.25, 0.3) is 5.91 Å². The van der Waals surface area contributed by atoms with Crippen LogP contribution in [0.1, 0.15) is 46.5 Å². The van der Waals surface area contributed by atoms with Crippen LogP contribution in [-0.4, -0.2) is 48.8 Å². The molecule has 1 atom stereocenters. The number of piperidine rings is 1. The highest BCUT2D eigenvalue weighted by atomic mass is 16.5. The summed E-state index contributed by atoms with van der Waals surface area (Å²) in [5, 5.41) is 8.15. The van der Waals surface area contributed by atoms with Gasteiger partial charge in [-0.2, -0.15) is 5.10 Å². The van der Waals surface area contributed by atoms with Gasteiger partial charge in [-0.05, 0) is 38.0 Å². The fraction of sp³-hybridized carbons (Fsp3) is 0.318. The maximum atomic E-state index is 13.1. The molecule has 1 aliphatic heterocycles. The van der Waals surface area contributed by atoms with Crippen molar-refractivity contribution < 1.29 is 13.7 Å². The summed E-state index contributed by atoms with van der Waals surface area (Å²) in [4.78, 5) is 23.6. The van der Waals surface area contributed by atoms with Gasteiger partial charge in [0, 0.05) is 43.7 Å². The molecule has 4 aromatic rings. The fourth-order valence-electron chi connectivity index (χ4n) is 4.02. The summed E-state index contributed by atoms with van der Waals surface area (Å²) in [6, 6.07) is 7.28. The molecule has 1 aliphatic rings. The number of amides is 1. The second-order valence-electron chi connectivity index (χ2n) is 7.71. The Morgan fingerprint density at radius 3 is 3.06 bits per heavy atom. The van der Waals surface area contributed by atoms with Gasteiger partial charge in [0.15, 0.2) is 11.5 Å². The number of nitrogens with zero attached hydrogens (tertiary/aromatic N) is 6. The minimum atomic E-state index is -0.109. The van der Waals surface area contributed by atoms with E-state index in [9.17, 15) is 4.79 Å². The minimum absolute atomic E-state index is 0.0830. The predicted molar refractivity (Wildman–Crippen MR) is 110 cm³/mol. The minimum Gasteiger partial charge on any atom is -0.454 e. The van der Waals surface area contributed by atoms with Gasteiger partial charge in [0.1, 0.15) is 12.1 Å². The number of carbonyl (C=O) groups is 1. The SMILES string of the molecule is Cc1cc(-c2cncnc2[C@H]2CCCN(C(=O)c3ccc(Cn4cccn4)o3)C2)on1. The monoisotopic (exact) mass is 418 g/mol. The molecule has 31 heavy (non-hydrogen) atoms. The normalized spacial score (nSPS) is 16.5. The number of rotatable bonds is 5. The molecule has 9 nitrogen and oxygen atoms in total. The molecule has 0 bridgehead atoms. The molecule has 0 saturated carbocycles. The van der Waals surface area contributed by atoms with Crippen LogP contribution in [0, 0.1) is 6.92 Å². The molecule has 1 fully saturated rings. The Morgan fingerprint density at radius 1 is 1.32 bits per heavy atom. The van der Waals surface area contributed by atoms with Crippen LogP contribution >= 0.6 is 0 Å². The Hall–Kier alpha value is -3.75. The first-order valence-corrected chi connectivity index (χ1v) is 10.3. The van der Waals surface area contributed by atoms with Gasteiger partial charge >= 0.3 is 0 Å². The van der Waals surface area contributed by atoms with E-state index in [4.69, 9.17) is 8.94 Å². The number of hydrogen-bond donors (Lipinski definition) is 0. The molecule has 9 heteroatoms. The van der Waals surface area contributed by atoms with Crippen molar-refractivity contribution in [2.45, 2.75) is 32.2 Å². The van der Waals surface area contributed by atoms with Crippen molar-refractivity contribution in [2.24, 2.45) is 0 Å².